The van der Waals surface area contributed by atoms with Gasteiger partial charge < -0.3 is 5.32 Å². The Labute approximate surface area is 73.8 Å². The minimum atomic E-state index is 0.238. The van der Waals surface area contributed by atoms with Gasteiger partial charge >= 0.3 is 0 Å². The molecule has 0 unspecified atom stereocenters. The van der Waals surface area contributed by atoms with Crippen molar-refractivity contribution in [1.82, 2.24) is 5.32 Å². The van der Waals surface area contributed by atoms with E-state index in [4.69, 9.17) is 0 Å². The maximum Gasteiger partial charge on any atom is 0.0937 e. The van der Waals surface area contributed by atoms with E-state index in [1.54, 1.807) is 0 Å². The third-order valence-electron chi connectivity index (χ3n) is 2.41. The summed E-state index contributed by atoms with van der Waals surface area (Å²) in [6.45, 7) is 8.64. The Balaban J connectivity index is 2.52. The van der Waals surface area contributed by atoms with Gasteiger partial charge in [-0.05, 0) is 11.1 Å². The molecule has 0 atom stereocenters. The van der Waals surface area contributed by atoms with Gasteiger partial charge in [-0.25, -0.2) is 0 Å². The average molecular weight is 159 g/mol. The molecule has 0 bridgehead atoms. The highest BCUT2D eigenvalue weighted by Crippen LogP contribution is 2.29. The van der Waals surface area contributed by atoms with Crippen LogP contribution in [0.4, 0.5) is 0 Å². The van der Waals surface area contributed by atoms with Gasteiger partial charge in [0.15, 0.2) is 0 Å². The van der Waals surface area contributed by atoms with Gasteiger partial charge in [-0.15, -0.1) is 0 Å². The first-order chi connectivity index (χ1) is 5.70. The zero-order chi connectivity index (χ0) is 8.60. The van der Waals surface area contributed by atoms with E-state index in [2.05, 4.69) is 50.0 Å². The van der Waals surface area contributed by atoms with Crippen LogP contribution in [0.3, 0.4) is 0 Å². The SMILES string of the molecule is CC1(C)CN[C]c2ccccc21. The Hall–Kier alpha value is -0.820. The molecule has 0 fully saturated rings. The van der Waals surface area contributed by atoms with Crippen molar-refractivity contribution in [3.63, 3.8) is 0 Å². The first-order valence-corrected chi connectivity index (χ1v) is 4.28. The van der Waals surface area contributed by atoms with Crippen LogP contribution < -0.4 is 5.32 Å². The Kier molecular flexibility index (Phi) is 1.69. The van der Waals surface area contributed by atoms with Gasteiger partial charge in [-0.3, -0.25) is 0 Å². The van der Waals surface area contributed by atoms with Crippen LogP contribution in [-0.4, -0.2) is 6.54 Å². The predicted molar refractivity (Wildman–Crippen MR) is 49.8 cm³/mol. The van der Waals surface area contributed by atoms with E-state index in [0.717, 1.165) is 6.54 Å². The fraction of sp³-hybridized carbons (Fsp3) is 0.364. The van der Waals surface area contributed by atoms with E-state index < -0.39 is 0 Å². The molecule has 0 spiro atoms. The highest BCUT2D eigenvalue weighted by atomic mass is 14.9. The van der Waals surface area contributed by atoms with Gasteiger partial charge in [0, 0.05) is 12.0 Å². The average Bonchev–Trinajstić information content (AvgIpc) is 2.04. The molecular weight excluding hydrogens is 146 g/mol. The highest BCUT2D eigenvalue weighted by Gasteiger charge is 2.26. The second kappa shape index (κ2) is 2.60. The summed E-state index contributed by atoms with van der Waals surface area (Å²) in [4.78, 5) is 0. The zero-order valence-corrected chi connectivity index (χ0v) is 7.52. The molecule has 1 nitrogen and oxygen atoms in total. The van der Waals surface area contributed by atoms with Crippen molar-refractivity contribution in [2.24, 2.45) is 0 Å². The van der Waals surface area contributed by atoms with Crippen LogP contribution in [0.2, 0.25) is 0 Å². The monoisotopic (exact) mass is 159 g/mol. The van der Waals surface area contributed by atoms with E-state index >= 15 is 0 Å². The van der Waals surface area contributed by atoms with Crippen molar-refractivity contribution >= 4 is 0 Å². The van der Waals surface area contributed by atoms with Crippen LogP contribution in [0.25, 0.3) is 0 Å². The van der Waals surface area contributed by atoms with Crippen LogP contribution in [0.1, 0.15) is 25.0 Å². The van der Waals surface area contributed by atoms with Gasteiger partial charge in [-0.1, -0.05) is 38.1 Å². The number of rotatable bonds is 0. The minimum absolute atomic E-state index is 0.238. The second-order valence-corrected chi connectivity index (χ2v) is 3.91. The standard InChI is InChI=1S/C11H13N/c1-11(2)8-12-7-9-5-3-4-6-10(9)11/h3-6,12H,8H2,1-2H3. The van der Waals surface area contributed by atoms with Crippen molar-refractivity contribution in [3.8, 4) is 0 Å². The minimum Gasteiger partial charge on any atom is -0.303 e. The van der Waals surface area contributed by atoms with Crippen LogP contribution in [0.5, 0.6) is 0 Å². The molecular formula is C11H13N. The first-order valence-electron chi connectivity index (χ1n) is 4.28. The number of hydrogen-bond acceptors (Lipinski definition) is 1. The largest absolute Gasteiger partial charge is 0.303 e. The molecule has 1 aliphatic rings. The maximum atomic E-state index is 3.18. The van der Waals surface area contributed by atoms with Crippen LogP contribution in [-0.2, 0) is 5.41 Å². The summed E-state index contributed by atoms with van der Waals surface area (Å²) in [6.07, 6.45) is 0. The van der Waals surface area contributed by atoms with Crippen molar-refractivity contribution in [3.05, 3.63) is 41.9 Å². The Bertz CT molecular complexity index is 289. The second-order valence-electron chi connectivity index (χ2n) is 3.91. The van der Waals surface area contributed by atoms with Gasteiger partial charge in [0.25, 0.3) is 0 Å². The molecule has 0 saturated carbocycles. The van der Waals surface area contributed by atoms with E-state index in [1.807, 2.05) is 0 Å². The highest BCUT2D eigenvalue weighted by molar-refractivity contribution is 5.40. The van der Waals surface area contributed by atoms with Crippen molar-refractivity contribution in [2.75, 3.05) is 6.54 Å². The number of benzene rings is 1. The fourth-order valence-corrected chi connectivity index (χ4v) is 1.64. The molecule has 1 aromatic rings. The molecule has 2 rings (SSSR count). The molecule has 0 amide bonds. The number of nitrogens with one attached hydrogen (secondary N) is 1. The normalized spacial score (nSPS) is 20.2. The molecule has 1 aromatic carbocycles. The molecule has 1 heteroatoms. The molecule has 1 N–H and O–H groups in total. The molecule has 0 saturated heterocycles. The molecule has 0 aromatic heterocycles. The predicted octanol–water partition coefficient (Wildman–Crippen LogP) is 1.95. The molecule has 1 heterocycles. The summed E-state index contributed by atoms with van der Waals surface area (Å²) >= 11 is 0. The summed E-state index contributed by atoms with van der Waals surface area (Å²) in [5, 5.41) is 3.18. The molecule has 62 valence electrons. The van der Waals surface area contributed by atoms with Crippen LogP contribution in [0, 0.1) is 6.54 Å². The molecule has 2 radical (unpaired) electrons. The van der Waals surface area contributed by atoms with E-state index in [0.29, 0.717) is 0 Å². The van der Waals surface area contributed by atoms with Crippen molar-refractivity contribution < 1.29 is 0 Å². The van der Waals surface area contributed by atoms with E-state index in [1.165, 1.54) is 11.1 Å². The molecule has 1 aliphatic heterocycles. The van der Waals surface area contributed by atoms with Gasteiger partial charge in [-0.2, -0.15) is 0 Å². The molecule has 0 aliphatic carbocycles. The zero-order valence-electron chi connectivity index (χ0n) is 7.52. The maximum absolute atomic E-state index is 3.18. The van der Waals surface area contributed by atoms with Gasteiger partial charge in [0.2, 0.25) is 0 Å². The van der Waals surface area contributed by atoms with Crippen LogP contribution in [0.15, 0.2) is 24.3 Å². The topological polar surface area (TPSA) is 12.0 Å². The number of hydrogen-bond donors (Lipinski definition) is 1. The van der Waals surface area contributed by atoms with E-state index in [9.17, 15) is 0 Å². The Morgan fingerprint density at radius 3 is 2.83 bits per heavy atom. The fourth-order valence-electron chi connectivity index (χ4n) is 1.64. The lowest BCUT2D eigenvalue weighted by molar-refractivity contribution is 0.473. The third-order valence-corrected chi connectivity index (χ3v) is 2.41. The lowest BCUT2D eigenvalue weighted by atomic mass is 9.79. The van der Waals surface area contributed by atoms with Crippen LogP contribution >= 0.6 is 0 Å². The Morgan fingerprint density at radius 2 is 2.08 bits per heavy atom. The third kappa shape index (κ3) is 1.14. The lowest BCUT2D eigenvalue weighted by Gasteiger charge is -2.32. The van der Waals surface area contributed by atoms with Crippen molar-refractivity contribution in [1.29, 1.82) is 0 Å². The van der Waals surface area contributed by atoms with Crippen molar-refractivity contribution in [2.45, 2.75) is 19.3 Å². The van der Waals surface area contributed by atoms with E-state index in [-0.39, 0.29) is 5.41 Å². The summed E-state index contributed by atoms with van der Waals surface area (Å²) < 4.78 is 0. The number of fused-ring (bicyclic) bond motifs is 1. The first kappa shape index (κ1) is 7.81. The lowest BCUT2D eigenvalue weighted by Crippen LogP contribution is -2.37. The quantitative estimate of drug-likeness (QED) is 0.610. The van der Waals surface area contributed by atoms with Gasteiger partial charge in [0.1, 0.15) is 0 Å². The Morgan fingerprint density at radius 1 is 1.33 bits per heavy atom. The smallest absolute Gasteiger partial charge is 0.0937 e. The summed E-state index contributed by atoms with van der Waals surface area (Å²) in [7, 11) is 0. The summed E-state index contributed by atoms with van der Waals surface area (Å²) in [6, 6.07) is 8.43. The molecule has 12 heavy (non-hydrogen) atoms. The summed E-state index contributed by atoms with van der Waals surface area (Å²) in [5.41, 5.74) is 2.83. The van der Waals surface area contributed by atoms with Gasteiger partial charge in [0.05, 0.1) is 6.54 Å². The summed E-state index contributed by atoms with van der Waals surface area (Å²) in [5.74, 6) is 0.